The van der Waals surface area contributed by atoms with Gasteiger partial charge in [-0.3, -0.25) is 49.7 Å². The zero-order valence-corrected chi connectivity index (χ0v) is 109. The molecule has 38 nitrogen and oxygen atoms in total. The second kappa shape index (κ2) is 89.1. The molecule has 8 aromatic heterocycles. The number of fused-ring (bicyclic) bond motifs is 4. The summed E-state index contributed by atoms with van der Waals surface area (Å²) in [6.07, 6.45) is 31.5. The van der Waals surface area contributed by atoms with E-state index in [4.69, 9.17) is 68.1 Å². The molecule has 8 aromatic rings. The Morgan fingerprint density at radius 2 is 0.898 bits per heavy atom. The molecule has 0 bridgehead atoms. The topological polar surface area (TPSA) is 552 Å². The van der Waals surface area contributed by atoms with Crippen molar-refractivity contribution in [1.82, 2.24) is 69.0 Å². The first-order chi connectivity index (χ1) is 64.9. The van der Waals surface area contributed by atoms with Gasteiger partial charge in [0.25, 0.3) is 18.0 Å². The van der Waals surface area contributed by atoms with E-state index in [0.717, 1.165) is 192 Å². The number of alkyl carbamates (subject to hydrolysis) is 2. The number of hydrogen-bond donors (Lipinski definition) is 9. The molecule has 3 saturated carbocycles. The van der Waals surface area contributed by atoms with Gasteiger partial charge in [-0.25, -0.2) is 38.6 Å². The van der Waals surface area contributed by atoms with E-state index in [9.17, 15) is 42.9 Å². The first-order valence-electron chi connectivity index (χ1n) is 47.4. The number of ketones is 1. The van der Waals surface area contributed by atoms with Crippen LogP contribution in [0, 0.1) is 11.8 Å². The molecule has 3 fully saturated rings. The number of nitrogens with two attached hydrogens (primary N) is 3. The Morgan fingerprint density at radius 1 is 0.551 bits per heavy atom. The minimum absolute atomic E-state index is 0. The number of aliphatic imine (C=N–C) groups is 1. The molecule has 4 aliphatic rings. The number of esters is 2. The SMILES string of the molecule is CC(C)(C)OC(=O)N[C@H]1CC[C@H](N)C1.CCC(CC)C(=O)O.CCC(CC)c1cc(=O)n2[nH]ccc2n1.CCC(CC)c1cc(Cl)n2nccc2n1.CCC(CC)c1cc(N[C@H]2CC[C@H](N)C2)n2nccc2n1.CCC(CC)c1cc(N[C@H]2CC[C@H](NC(=O)OC(C)(C)C)C2)n2nccc2n1.CCOC(=O)CC(=O)C(CC)CC.CCOC(=O)C[C-]=O.NC1=CC=NC1.O=CO[O-].O=P(Cl)(Cl)Cl.S.S.S.S.S.S.[H-].[K+].[K+].[K+].[OH-]. The predicted octanol–water partition coefficient (Wildman–Crippen LogP) is 10.3. The summed E-state index contributed by atoms with van der Waals surface area (Å²) in [6, 6.07) is 17.1. The molecule has 826 valence electrons. The average molecular weight is 2360 g/mol. The van der Waals surface area contributed by atoms with Gasteiger partial charge in [-0.15, -0.1) is 0 Å². The van der Waals surface area contributed by atoms with Gasteiger partial charge in [0.1, 0.15) is 40.2 Å². The monoisotopic (exact) mass is 2350 g/mol. The molecular weight excluding hydrogens is 2190 g/mol. The van der Waals surface area contributed by atoms with Crippen molar-refractivity contribution < 1.29 is 238 Å². The van der Waals surface area contributed by atoms with Crippen molar-refractivity contribution in [1.29, 1.82) is 0 Å². The summed E-state index contributed by atoms with van der Waals surface area (Å²) in [5.74, 6) is 2.16. The normalized spacial score (nSPS) is 15.1. The average Bonchev–Trinajstić information content (AvgIpc) is 1.61. The summed E-state index contributed by atoms with van der Waals surface area (Å²) in [7, 11) is 0. The first-order valence-corrected chi connectivity index (χ1v) is 52.2. The second-order valence-corrected chi connectivity index (χ2v) is 41.8. The van der Waals surface area contributed by atoms with Crippen LogP contribution in [0.1, 0.15) is 334 Å². The van der Waals surface area contributed by atoms with E-state index in [0.29, 0.717) is 66.3 Å². The number of allylic oxidation sites excluding steroid dienone is 1. The standard InChI is InChI=1S/C21H33N5O2.C16H25N5.C11H14ClN3.C11H15N3O.C10H20N2O2.C10H18O3.C6H12O2.C5H7O3.C4H6N2.CH2O3.Cl3OP.3K.H2O.6H2S.H/c1-6-14(7-2)17-13-19(26-18(25-17)10-11-22-26)23-15-8-9-16(12-15)24-20(27)28-21(3,4)5;1-3-11(4-2)14-10-16(19-13-6-5-12(17)9-13)21-15(20-14)7-8-18-21;1-3-8(4-2)9-7-10(12)15-11(14-9)5-6-13-15;1-3-8(4-2)9-7-11(15)14-10(13-9)5-6-12-14;1-10(2,3)14-9(13)12-8-5-4-7(11)6-8;1-4-8(5-2)9(11)7-10(12)13-6-3;1-3-5(4-2)6(7)8;1-2-8-5(7)3-4-6;5-4-1-2-6-3-4;2-1-4-3;1-5(2,3)4;;;;;;;;;;;/h10-11,13-16,23H,6-9,12H2,1-5H3,(H,24,27);7-8,10-13,19H,3-6,9,17H2,1-2H3;5-8H,3-4H2,1-2H3;5-8,12H,3-4H2,1-2H3;7-8H,4-6,11H2,1-3H3,(H,12,13);8H,4-7H2,1-3H3;5H,3-4H2,1-2H3,(H,7,8);2-3H2,1H3;1-2H,3,5H2;1,3H;;;;;7*1H2;/q;;;;;;;-1;;;;3*+1;;;;;;;;-1/p-2/t15-,16-;12-,13-;;;7-,8-;;;;;;;;;;;;;;;;;/m00..0................./s1. The van der Waals surface area contributed by atoms with Crippen molar-refractivity contribution in [2.75, 3.05) is 30.4 Å². The van der Waals surface area contributed by atoms with Crippen LogP contribution in [-0.2, 0) is 57.2 Å². The van der Waals surface area contributed by atoms with E-state index in [2.05, 4.69) is 167 Å². The molecule has 2 amide bonds. The Hall–Kier alpha value is -2.91. The van der Waals surface area contributed by atoms with Crippen LogP contribution in [0.2, 0.25) is 5.15 Å². The molecule has 9 heterocycles. The molecule has 3 aliphatic carbocycles. The fourth-order valence-electron chi connectivity index (χ4n) is 15.0. The number of hydrogen-bond acceptors (Lipinski definition) is 30. The maximum Gasteiger partial charge on any atom is 1.00 e. The molecule has 0 saturated heterocycles. The molecule has 6 atom stereocenters. The largest absolute Gasteiger partial charge is 1.00 e. The van der Waals surface area contributed by atoms with Gasteiger partial charge in [0.2, 0.25) is 0 Å². The van der Waals surface area contributed by atoms with Gasteiger partial charge < -0.3 is 84.4 Å². The minimum Gasteiger partial charge on any atom is -1.00 e. The van der Waals surface area contributed by atoms with Crippen molar-refractivity contribution >= 4 is 221 Å². The first kappa shape index (κ1) is 162. The van der Waals surface area contributed by atoms with Crippen LogP contribution in [0.3, 0.4) is 0 Å². The van der Waals surface area contributed by atoms with Crippen LogP contribution in [0.4, 0.5) is 21.2 Å². The van der Waals surface area contributed by atoms with E-state index in [1.807, 2.05) is 115 Å². The van der Waals surface area contributed by atoms with Crippen LogP contribution < -0.4 is 203 Å². The van der Waals surface area contributed by atoms with Crippen LogP contribution in [-0.4, -0.2) is 191 Å². The van der Waals surface area contributed by atoms with Gasteiger partial charge >= 0.3 is 183 Å². The fraction of sp³-hybridized carbons (Fsp3) is 0.632. The van der Waals surface area contributed by atoms with Gasteiger partial charge in [-0.05, 0) is 236 Å². The number of rotatable bonds is 31. The second-order valence-electron chi connectivity index (χ2n) is 34.8. The summed E-state index contributed by atoms with van der Waals surface area (Å²) in [6.45, 7) is 40.9. The number of H-pyrrole nitrogens is 1. The molecule has 0 aromatic carbocycles. The Morgan fingerprint density at radius 3 is 1.22 bits per heavy atom. The van der Waals surface area contributed by atoms with Gasteiger partial charge in [0.15, 0.2) is 22.6 Å². The predicted molar refractivity (Wildman–Crippen MR) is 604 cm³/mol. The Kier molecular flexibility index (Phi) is 98.0. The fourth-order valence-corrected chi connectivity index (χ4v) is 15.2. The number of carbonyl (C=O) groups is 7. The van der Waals surface area contributed by atoms with Gasteiger partial charge in [-0.2, -0.15) is 105 Å². The summed E-state index contributed by atoms with van der Waals surface area (Å²) in [5.41, 5.74) is 24.5. The quantitative estimate of drug-likeness (QED) is 0.00186. The van der Waals surface area contributed by atoms with Crippen LogP contribution in [0.5, 0.6) is 0 Å². The smallest absolute Gasteiger partial charge is 1.00 e. The molecule has 0 unspecified atom stereocenters. The molecule has 0 radical (unpaired) electrons. The van der Waals surface area contributed by atoms with Gasteiger partial charge in [-0.1, -0.05) is 101 Å². The van der Waals surface area contributed by atoms with E-state index in [-0.39, 0.29) is 321 Å². The number of Topliss-reactive ketones (excluding diaryl/α,β-unsaturated/α-hetero) is 1. The molecule has 13 N–H and O–H groups in total. The third-order valence-electron chi connectivity index (χ3n) is 22.3. The van der Waals surface area contributed by atoms with Crippen molar-refractivity contribution in [3.05, 3.63) is 123 Å². The van der Waals surface area contributed by atoms with Crippen LogP contribution >= 0.6 is 131 Å². The number of carboxylic acid groups (broad SMARTS) is 1. The molecule has 1 aliphatic heterocycles. The zero-order valence-electron chi connectivity index (χ0n) is 91.0. The van der Waals surface area contributed by atoms with Crippen molar-refractivity contribution in [2.45, 2.75) is 357 Å². The molecular formula is C95H165Cl4K3N20O18PS6-. The Balaban J connectivity index is -0.000000182. The summed E-state index contributed by atoms with van der Waals surface area (Å²) < 4.78 is 36.0. The summed E-state index contributed by atoms with van der Waals surface area (Å²) in [4.78, 5) is 121. The van der Waals surface area contributed by atoms with Crippen molar-refractivity contribution in [3.8, 4) is 0 Å². The number of halogens is 4. The molecule has 12 rings (SSSR count). The van der Waals surface area contributed by atoms with Crippen LogP contribution in [0.25, 0.3) is 22.6 Å². The van der Waals surface area contributed by atoms with E-state index >= 15 is 0 Å². The number of aliphatic carboxylic acids is 1. The van der Waals surface area contributed by atoms with E-state index < -0.39 is 34.3 Å². The third-order valence-corrected chi connectivity index (χ3v) is 22.5. The van der Waals surface area contributed by atoms with E-state index in [1.54, 1.807) is 55.3 Å². The summed E-state index contributed by atoms with van der Waals surface area (Å²) >= 11 is 20.0. The molecule has 0 spiro atoms. The summed E-state index contributed by atoms with van der Waals surface area (Å²) in [5, 5.41) is 43.0. The number of ether oxygens (including phenoxy) is 4. The maximum atomic E-state index is 12.0. The number of nitrogens with zero attached hydrogens (tertiary/aromatic N) is 12. The number of aromatic nitrogens is 12. The third kappa shape index (κ3) is 66.4. The number of carboxylic acids is 1. The molecule has 147 heavy (non-hydrogen) atoms. The minimum atomic E-state index is -3.22. The number of amides is 2. The zero-order chi connectivity index (χ0) is 103. The number of carbonyl (C=O) groups excluding carboxylic acids is 7. The molecule has 52 heteroatoms. The van der Waals surface area contributed by atoms with Crippen molar-refractivity contribution in [2.24, 2.45) is 34.0 Å². The Bertz CT molecular complexity index is 5110. The van der Waals surface area contributed by atoms with Crippen LogP contribution in [0.15, 0.2) is 94.9 Å². The van der Waals surface area contributed by atoms with Crippen molar-refractivity contribution in [3.63, 3.8) is 0 Å². The number of nitrogens with one attached hydrogen (secondary N) is 5. The number of anilines is 2. The van der Waals surface area contributed by atoms with Gasteiger partial charge in [0, 0.05) is 143 Å². The Labute approximate surface area is 1060 Å². The maximum absolute atomic E-state index is 12.0. The number of aromatic amines is 1. The van der Waals surface area contributed by atoms with E-state index in [1.165, 1.54) is 10.8 Å². The van der Waals surface area contributed by atoms with Gasteiger partial charge in [0.05, 0.1) is 50.0 Å².